The van der Waals surface area contributed by atoms with Gasteiger partial charge in [-0.2, -0.15) is 0 Å². The standard InChI is InChI=1S/C15H15NO4/c1-2-16-9-8-12(17)14(13(16)15(18)19)20-10-11-6-4-3-5-7-11/h3-9H,2,10H2,1H3,(H,18,19). The summed E-state index contributed by atoms with van der Waals surface area (Å²) in [6, 6.07) is 10.6. The van der Waals surface area contributed by atoms with Crippen molar-refractivity contribution in [3.05, 3.63) is 64.1 Å². The first kappa shape index (κ1) is 13.9. The molecule has 104 valence electrons. The molecule has 2 rings (SSSR count). The third kappa shape index (κ3) is 2.88. The van der Waals surface area contributed by atoms with E-state index in [1.807, 2.05) is 30.3 Å². The normalized spacial score (nSPS) is 10.2. The number of rotatable bonds is 5. The number of pyridine rings is 1. The molecule has 0 unspecified atom stereocenters. The molecule has 0 aliphatic heterocycles. The number of benzene rings is 1. The van der Waals surface area contributed by atoms with Gasteiger partial charge in [0.25, 0.3) is 0 Å². The van der Waals surface area contributed by atoms with Gasteiger partial charge in [0, 0.05) is 18.8 Å². The minimum atomic E-state index is -1.17. The van der Waals surface area contributed by atoms with Crippen LogP contribution in [0, 0.1) is 0 Å². The lowest BCUT2D eigenvalue weighted by Gasteiger charge is -2.13. The number of ether oxygens (including phenoxy) is 1. The molecular formula is C15H15NO4. The van der Waals surface area contributed by atoms with Gasteiger partial charge in [-0.1, -0.05) is 30.3 Å². The van der Waals surface area contributed by atoms with Gasteiger partial charge in [-0.15, -0.1) is 0 Å². The molecule has 0 atom stereocenters. The quantitative estimate of drug-likeness (QED) is 0.906. The maximum atomic E-state index is 11.8. The number of carbonyl (C=O) groups is 1. The fourth-order valence-corrected chi connectivity index (χ4v) is 1.91. The van der Waals surface area contributed by atoms with Crippen molar-refractivity contribution in [3.8, 4) is 5.75 Å². The average molecular weight is 273 g/mol. The Labute approximate surface area is 116 Å². The summed E-state index contributed by atoms with van der Waals surface area (Å²) in [7, 11) is 0. The van der Waals surface area contributed by atoms with Crippen molar-refractivity contribution >= 4 is 5.97 Å². The molecule has 0 saturated heterocycles. The number of aromatic carboxylic acids is 1. The monoisotopic (exact) mass is 273 g/mol. The minimum Gasteiger partial charge on any atom is -0.482 e. The molecule has 0 bridgehead atoms. The second kappa shape index (κ2) is 6.06. The molecule has 5 heteroatoms. The van der Waals surface area contributed by atoms with Crippen molar-refractivity contribution in [3.63, 3.8) is 0 Å². The molecule has 1 N–H and O–H groups in total. The van der Waals surface area contributed by atoms with E-state index in [-0.39, 0.29) is 18.1 Å². The highest BCUT2D eigenvalue weighted by atomic mass is 16.5. The number of aromatic nitrogens is 1. The number of nitrogens with zero attached hydrogens (tertiary/aromatic N) is 1. The van der Waals surface area contributed by atoms with Gasteiger partial charge < -0.3 is 14.4 Å². The van der Waals surface area contributed by atoms with Crippen LogP contribution in [0.3, 0.4) is 0 Å². The van der Waals surface area contributed by atoms with Gasteiger partial charge in [-0.25, -0.2) is 4.79 Å². The van der Waals surface area contributed by atoms with E-state index in [1.165, 1.54) is 16.8 Å². The average Bonchev–Trinajstić information content (AvgIpc) is 2.46. The first-order valence-corrected chi connectivity index (χ1v) is 6.27. The van der Waals surface area contributed by atoms with Crippen LogP contribution in [0.5, 0.6) is 5.75 Å². The summed E-state index contributed by atoms with van der Waals surface area (Å²) in [6.45, 7) is 2.41. The number of hydrogen-bond acceptors (Lipinski definition) is 3. The van der Waals surface area contributed by atoms with Gasteiger partial charge in [-0.3, -0.25) is 4.79 Å². The molecule has 5 nitrogen and oxygen atoms in total. The summed E-state index contributed by atoms with van der Waals surface area (Å²) < 4.78 is 6.92. The largest absolute Gasteiger partial charge is 0.482 e. The molecule has 1 aromatic carbocycles. The van der Waals surface area contributed by atoms with E-state index >= 15 is 0 Å². The third-order valence-corrected chi connectivity index (χ3v) is 2.90. The summed E-state index contributed by atoms with van der Waals surface area (Å²) in [4.78, 5) is 23.2. The fraction of sp³-hybridized carbons (Fsp3) is 0.200. The highest BCUT2D eigenvalue weighted by molar-refractivity contribution is 5.88. The molecule has 0 saturated carbocycles. The Morgan fingerprint density at radius 3 is 2.55 bits per heavy atom. The van der Waals surface area contributed by atoms with Crippen LogP contribution in [0.2, 0.25) is 0 Å². The highest BCUT2D eigenvalue weighted by Gasteiger charge is 2.18. The summed E-state index contributed by atoms with van der Waals surface area (Å²) >= 11 is 0. The summed E-state index contributed by atoms with van der Waals surface area (Å²) in [5, 5.41) is 9.26. The predicted molar refractivity (Wildman–Crippen MR) is 74.1 cm³/mol. The van der Waals surface area contributed by atoms with Gasteiger partial charge in [0.15, 0.2) is 11.4 Å². The molecular weight excluding hydrogens is 258 g/mol. The third-order valence-electron chi connectivity index (χ3n) is 2.90. The number of hydrogen-bond donors (Lipinski definition) is 1. The molecule has 0 aliphatic carbocycles. The molecule has 1 heterocycles. The van der Waals surface area contributed by atoms with E-state index in [0.29, 0.717) is 6.54 Å². The van der Waals surface area contributed by atoms with Crippen LogP contribution in [0.25, 0.3) is 0 Å². The number of aryl methyl sites for hydroxylation is 1. The van der Waals surface area contributed by atoms with Gasteiger partial charge in [0.2, 0.25) is 5.43 Å². The van der Waals surface area contributed by atoms with Crippen LogP contribution in [0.15, 0.2) is 47.4 Å². The lowest BCUT2D eigenvalue weighted by molar-refractivity contribution is 0.0677. The Morgan fingerprint density at radius 1 is 1.25 bits per heavy atom. The molecule has 1 aromatic heterocycles. The maximum absolute atomic E-state index is 11.8. The Kier molecular flexibility index (Phi) is 4.20. The molecule has 0 spiro atoms. The van der Waals surface area contributed by atoms with Crippen molar-refractivity contribution in [2.24, 2.45) is 0 Å². The maximum Gasteiger partial charge on any atom is 0.356 e. The summed E-state index contributed by atoms with van der Waals surface area (Å²) in [6.07, 6.45) is 1.46. The lowest BCUT2D eigenvalue weighted by Crippen LogP contribution is -2.20. The van der Waals surface area contributed by atoms with E-state index in [9.17, 15) is 14.7 Å². The van der Waals surface area contributed by atoms with Crippen molar-refractivity contribution in [1.82, 2.24) is 4.57 Å². The predicted octanol–water partition coefficient (Wildman–Crippen LogP) is 2.15. The van der Waals surface area contributed by atoms with E-state index in [0.717, 1.165) is 5.56 Å². The summed E-state index contributed by atoms with van der Waals surface area (Å²) in [5.41, 5.74) is 0.328. The first-order valence-electron chi connectivity index (χ1n) is 6.27. The number of carboxylic acid groups (broad SMARTS) is 1. The second-order valence-electron chi connectivity index (χ2n) is 4.22. The second-order valence-corrected chi connectivity index (χ2v) is 4.22. The first-order chi connectivity index (χ1) is 9.63. The van der Waals surface area contributed by atoms with Crippen LogP contribution >= 0.6 is 0 Å². The zero-order valence-corrected chi connectivity index (χ0v) is 11.1. The van der Waals surface area contributed by atoms with Crippen molar-refractivity contribution in [2.45, 2.75) is 20.1 Å². The Balaban J connectivity index is 2.35. The fourth-order valence-electron chi connectivity index (χ4n) is 1.91. The molecule has 0 amide bonds. The molecule has 0 aliphatic rings. The Morgan fingerprint density at radius 2 is 1.95 bits per heavy atom. The van der Waals surface area contributed by atoms with Crippen LogP contribution < -0.4 is 10.2 Å². The smallest absolute Gasteiger partial charge is 0.356 e. The van der Waals surface area contributed by atoms with Gasteiger partial charge >= 0.3 is 5.97 Å². The van der Waals surface area contributed by atoms with Gasteiger partial charge in [0.1, 0.15) is 6.61 Å². The molecule has 0 fully saturated rings. The topological polar surface area (TPSA) is 68.5 Å². The lowest BCUT2D eigenvalue weighted by atomic mass is 10.2. The highest BCUT2D eigenvalue weighted by Crippen LogP contribution is 2.15. The zero-order chi connectivity index (χ0) is 14.5. The Bertz CT molecular complexity index is 661. The van der Waals surface area contributed by atoms with Crippen LogP contribution in [-0.4, -0.2) is 15.6 Å². The zero-order valence-electron chi connectivity index (χ0n) is 11.1. The van der Waals surface area contributed by atoms with E-state index in [1.54, 1.807) is 6.92 Å². The van der Waals surface area contributed by atoms with Gasteiger partial charge in [-0.05, 0) is 12.5 Å². The van der Waals surface area contributed by atoms with Crippen LogP contribution in [-0.2, 0) is 13.2 Å². The molecule has 2 aromatic rings. The van der Waals surface area contributed by atoms with Crippen LogP contribution in [0.4, 0.5) is 0 Å². The SMILES string of the molecule is CCn1ccc(=O)c(OCc2ccccc2)c1C(=O)O. The van der Waals surface area contributed by atoms with Crippen molar-refractivity contribution in [1.29, 1.82) is 0 Å². The van der Waals surface area contributed by atoms with Gasteiger partial charge in [0.05, 0.1) is 0 Å². The van der Waals surface area contributed by atoms with Crippen LogP contribution in [0.1, 0.15) is 23.0 Å². The molecule has 0 radical (unpaired) electrons. The number of carboxylic acids is 1. The Hall–Kier alpha value is -2.56. The van der Waals surface area contributed by atoms with E-state index in [4.69, 9.17) is 4.74 Å². The van der Waals surface area contributed by atoms with Crippen molar-refractivity contribution in [2.75, 3.05) is 0 Å². The minimum absolute atomic E-state index is 0.115. The molecule has 20 heavy (non-hydrogen) atoms. The van der Waals surface area contributed by atoms with E-state index in [2.05, 4.69) is 0 Å². The van der Waals surface area contributed by atoms with E-state index < -0.39 is 11.4 Å². The summed E-state index contributed by atoms with van der Waals surface area (Å²) in [5.74, 6) is -1.29. The van der Waals surface area contributed by atoms with Crippen molar-refractivity contribution < 1.29 is 14.6 Å².